The van der Waals surface area contributed by atoms with Crippen molar-refractivity contribution in [2.45, 2.75) is 24.9 Å². The number of aromatic nitrogens is 1. The molecule has 1 aromatic rings. The zero-order chi connectivity index (χ0) is 14.2. The zero-order valence-corrected chi connectivity index (χ0v) is 12.6. The summed E-state index contributed by atoms with van der Waals surface area (Å²) in [5.41, 5.74) is 0.741. The van der Waals surface area contributed by atoms with Gasteiger partial charge in [0, 0.05) is 24.8 Å². The van der Waals surface area contributed by atoms with Crippen LogP contribution in [0, 0.1) is 5.41 Å². The van der Waals surface area contributed by atoms with E-state index in [0.717, 1.165) is 42.5 Å². The summed E-state index contributed by atoms with van der Waals surface area (Å²) in [6, 6.07) is 3.86. The van der Waals surface area contributed by atoms with Crippen LogP contribution in [-0.4, -0.2) is 35.8 Å². The molecule has 6 heteroatoms. The monoisotopic (exact) mass is 340 g/mol. The van der Waals surface area contributed by atoms with Crippen LogP contribution >= 0.6 is 15.9 Å². The summed E-state index contributed by atoms with van der Waals surface area (Å²) in [7, 11) is 0. The van der Waals surface area contributed by atoms with Crippen molar-refractivity contribution in [3.8, 4) is 0 Å². The Morgan fingerprint density at radius 2 is 2.25 bits per heavy atom. The van der Waals surface area contributed by atoms with Crippen molar-refractivity contribution in [2.75, 3.05) is 19.7 Å². The molecule has 1 spiro atoms. The minimum Gasteiger partial charge on any atom is -0.480 e. The summed E-state index contributed by atoms with van der Waals surface area (Å²) >= 11 is 3.33. The quantitative estimate of drug-likeness (QED) is 0.819. The second kappa shape index (κ2) is 5.09. The van der Waals surface area contributed by atoms with E-state index in [1.54, 1.807) is 6.20 Å². The summed E-state index contributed by atoms with van der Waals surface area (Å²) in [4.78, 5) is 15.1. The van der Waals surface area contributed by atoms with E-state index >= 15 is 0 Å². The summed E-state index contributed by atoms with van der Waals surface area (Å²) in [5, 5.41) is 12.2. The van der Waals surface area contributed by atoms with Crippen LogP contribution in [0.5, 0.6) is 0 Å². The number of nitrogens with one attached hydrogen (secondary N) is 1. The van der Waals surface area contributed by atoms with Gasteiger partial charge >= 0.3 is 5.97 Å². The van der Waals surface area contributed by atoms with E-state index in [4.69, 9.17) is 9.84 Å². The number of hydrogen-bond acceptors (Lipinski definition) is 4. The van der Waals surface area contributed by atoms with E-state index in [2.05, 4.69) is 26.2 Å². The summed E-state index contributed by atoms with van der Waals surface area (Å²) in [5.74, 6) is -0.929. The number of aliphatic carboxylic acids is 1. The molecule has 1 aliphatic carbocycles. The Morgan fingerprint density at radius 3 is 2.75 bits per heavy atom. The van der Waals surface area contributed by atoms with Gasteiger partial charge < -0.3 is 15.2 Å². The third-order valence-electron chi connectivity index (χ3n) is 4.45. The summed E-state index contributed by atoms with van der Waals surface area (Å²) in [6.45, 7) is 1.73. The predicted molar refractivity (Wildman–Crippen MR) is 76.4 cm³/mol. The molecule has 1 saturated heterocycles. The van der Waals surface area contributed by atoms with Crippen molar-refractivity contribution in [2.24, 2.45) is 5.41 Å². The molecule has 2 N–H and O–H groups in total. The fourth-order valence-corrected chi connectivity index (χ4v) is 3.56. The SMILES string of the molecule is O=C(O)COC1(c2ccc(Br)nc2)CCC2(CNC2)C1. The highest BCUT2D eigenvalue weighted by Gasteiger charge is 2.53. The van der Waals surface area contributed by atoms with Crippen molar-refractivity contribution in [1.29, 1.82) is 0 Å². The molecule has 0 radical (unpaired) electrons. The number of hydrogen-bond donors (Lipinski definition) is 2. The van der Waals surface area contributed by atoms with Gasteiger partial charge in [0.1, 0.15) is 11.2 Å². The number of carboxylic acids is 1. The van der Waals surface area contributed by atoms with Gasteiger partial charge in [-0.15, -0.1) is 0 Å². The van der Waals surface area contributed by atoms with Crippen molar-refractivity contribution in [1.82, 2.24) is 10.3 Å². The van der Waals surface area contributed by atoms with Gasteiger partial charge in [0.05, 0.1) is 5.60 Å². The van der Waals surface area contributed by atoms with Gasteiger partial charge in [-0.05, 0) is 46.7 Å². The first-order valence-corrected chi connectivity index (χ1v) is 7.52. The Labute approximate surface area is 125 Å². The highest BCUT2D eigenvalue weighted by Crippen LogP contribution is 2.53. The molecular formula is C14H17BrN2O3. The molecule has 1 unspecified atom stereocenters. The molecule has 2 heterocycles. The van der Waals surface area contributed by atoms with Gasteiger partial charge in [0.25, 0.3) is 0 Å². The molecule has 0 aromatic carbocycles. The standard InChI is InChI=1S/C14H17BrN2O3/c15-11-2-1-10(5-17-11)14(20-6-12(18)19)4-3-13(7-14)8-16-9-13/h1-2,5,16H,3-4,6-9H2,(H,18,19). The highest BCUT2D eigenvalue weighted by atomic mass is 79.9. The Morgan fingerprint density at radius 1 is 1.45 bits per heavy atom. The van der Waals surface area contributed by atoms with E-state index in [-0.39, 0.29) is 12.0 Å². The lowest BCUT2D eigenvalue weighted by Crippen LogP contribution is -2.52. The highest BCUT2D eigenvalue weighted by molar-refractivity contribution is 9.10. The predicted octanol–water partition coefficient (Wildman–Crippen LogP) is 1.91. The Bertz CT molecular complexity index is 516. The molecule has 108 valence electrons. The van der Waals surface area contributed by atoms with E-state index in [0.29, 0.717) is 0 Å². The normalized spacial score (nSPS) is 27.4. The lowest BCUT2D eigenvalue weighted by molar-refractivity contribution is -0.151. The molecule has 0 amide bonds. The van der Waals surface area contributed by atoms with Crippen LogP contribution in [0.25, 0.3) is 0 Å². The van der Waals surface area contributed by atoms with E-state index in [9.17, 15) is 4.79 Å². The van der Waals surface area contributed by atoms with Gasteiger partial charge in [-0.3, -0.25) is 0 Å². The molecule has 1 aliphatic heterocycles. The molecule has 3 rings (SSSR count). The van der Waals surface area contributed by atoms with E-state index in [1.165, 1.54) is 0 Å². The second-order valence-electron chi connectivity index (χ2n) is 5.83. The summed E-state index contributed by atoms with van der Waals surface area (Å²) in [6.07, 6.45) is 4.57. The molecule has 1 atom stereocenters. The Balaban J connectivity index is 1.87. The zero-order valence-electron chi connectivity index (χ0n) is 11.1. The molecular weight excluding hydrogens is 324 g/mol. The molecule has 2 aliphatic rings. The average Bonchev–Trinajstić information content (AvgIpc) is 2.79. The fourth-order valence-electron chi connectivity index (χ4n) is 3.33. The number of nitrogens with zero attached hydrogens (tertiary/aromatic N) is 1. The molecule has 20 heavy (non-hydrogen) atoms. The topological polar surface area (TPSA) is 71.5 Å². The Hall–Kier alpha value is -0.980. The molecule has 1 aromatic heterocycles. The maximum Gasteiger partial charge on any atom is 0.329 e. The number of ether oxygens (including phenoxy) is 1. The third kappa shape index (κ3) is 2.47. The van der Waals surface area contributed by atoms with Crippen molar-refractivity contribution < 1.29 is 14.6 Å². The van der Waals surface area contributed by atoms with Crippen LogP contribution in [-0.2, 0) is 15.1 Å². The first kappa shape index (κ1) is 14.0. The van der Waals surface area contributed by atoms with Crippen LogP contribution in [0.1, 0.15) is 24.8 Å². The first-order valence-electron chi connectivity index (χ1n) is 6.72. The number of pyridine rings is 1. The molecule has 1 saturated carbocycles. The van der Waals surface area contributed by atoms with Gasteiger partial charge in [-0.25, -0.2) is 9.78 Å². The molecule has 0 bridgehead atoms. The molecule has 5 nitrogen and oxygen atoms in total. The van der Waals surface area contributed by atoms with Crippen LogP contribution in [0.2, 0.25) is 0 Å². The van der Waals surface area contributed by atoms with Crippen molar-refractivity contribution in [3.05, 3.63) is 28.5 Å². The molecule has 2 fully saturated rings. The van der Waals surface area contributed by atoms with E-state index in [1.807, 2.05) is 12.1 Å². The third-order valence-corrected chi connectivity index (χ3v) is 4.91. The summed E-state index contributed by atoms with van der Waals surface area (Å²) < 4.78 is 6.60. The van der Waals surface area contributed by atoms with Gasteiger partial charge in [0.15, 0.2) is 0 Å². The Kier molecular flexibility index (Phi) is 3.56. The minimum atomic E-state index is -0.929. The number of halogens is 1. The lowest BCUT2D eigenvalue weighted by Gasteiger charge is -2.41. The number of carbonyl (C=O) groups is 1. The van der Waals surface area contributed by atoms with Crippen LogP contribution in [0.3, 0.4) is 0 Å². The number of carboxylic acid groups (broad SMARTS) is 1. The van der Waals surface area contributed by atoms with Gasteiger partial charge in [0.2, 0.25) is 0 Å². The van der Waals surface area contributed by atoms with Crippen molar-refractivity contribution >= 4 is 21.9 Å². The fraction of sp³-hybridized carbons (Fsp3) is 0.571. The smallest absolute Gasteiger partial charge is 0.329 e. The van der Waals surface area contributed by atoms with E-state index < -0.39 is 11.6 Å². The maximum atomic E-state index is 10.9. The maximum absolute atomic E-state index is 10.9. The van der Waals surface area contributed by atoms with Gasteiger partial charge in [-0.1, -0.05) is 6.07 Å². The lowest BCUT2D eigenvalue weighted by atomic mass is 9.78. The van der Waals surface area contributed by atoms with Crippen LogP contribution in [0.4, 0.5) is 0 Å². The second-order valence-corrected chi connectivity index (χ2v) is 6.64. The number of rotatable bonds is 4. The van der Waals surface area contributed by atoms with Crippen molar-refractivity contribution in [3.63, 3.8) is 0 Å². The van der Waals surface area contributed by atoms with Gasteiger partial charge in [-0.2, -0.15) is 0 Å². The van der Waals surface area contributed by atoms with Crippen LogP contribution < -0.4 is 5.32 Å². The average molecular weight is 341 g/mol. The van der Waals surface area contributed by atoms with Crippen LogP contribution in [0.15, 0.2) is 22.9 Å². The minimum absolute atomic E-state index is 0.264. The first-order chi connectivity index (χ1) is 9.54. The largest absolute Gasteiger partial charge is 0.480 e.